The summed E-state index contributed by atoms with van der Waals surface area (Å²) in [6.07, 6.45) is 3.32. The number of H-pyrrole nitrogens is 1. The summed E-state index contributed by atoms with van der Waals surface area (Å²) >= 11 is 0. The number of imidazole rings is 1. The topological polar surface area (TPSA) is 67.2 Å². The summed E-state index contributed by atoms with van der Waals surface area (Å²) in [7, 11) is 2.19. The van der Waals surface area contributed by atoms with E-state index in [1.807, 2.05) is 18.2 Å². The maximum absolute atomic E-state index is 5.79. The van der Waals surface area contributed by atoms with Crippen molar-refractivity contribution in [1.29, 1.82) is 0 Å². The van der Waals surface area contributed by atoms with Crippen LogP contribution in [0.1, 0.15) is 18.7 Å². The monoisotopic (exact) mass is 288 g/mol. The molecule has 1 aliphatic heterocycles. The van der Waals surface area contributed by atoms with Gasteiger partial charge in [-0.1, -0.05) is 0 Å². The first-order chi connectivity index (χ1) is 10.2. The fourth-order valence-corrected chi connectivity index (χ4v) is 2.96. The number of rotatable bonds is 5. The second-order valence-electron chi connectivity index (χ2n) is 6.03. The van der Waals surface area contributed by atoms with Crippen LogP contribution in [0.3, 0.4) is 0 Å². The number of fused-ring (bicyclic) bond motifs is 1. The van der Waals surface area contributed by atoms with Gasteiger partial charge < -0.3 is 20.4 Å². The van der Waals surface area contributed by atoms with E-state index in [0.29, 0.717) is 0 Å². The molecule has 0 amide bonds. The average Bonchev–Trinajstić information content (AvgIpc) is 2.88. The van der Waals surface area contributed by atoms with E-state index in [1.54, 1.807) is 0 Å². The van der Waals surface area contributed by atoms with Gasteiger partial charge in [-0.2, -0.15) is 0 Å². The average molecular weight is 288 g/mol. The number of benzene rings is 1. The van der Waals surface area contributed by atoms with Gasteiger partial charge in [0.25, 0.3) is 0 Å². The number of hydrogen-bond donors (Lipinski definition) is 2. The maximum Gasteiger partial charge on any atom is 0.108 e. The van der Waals surface area contributed by atoms with Crippen LogP contribution in [0.5, 0.6) is 0 Å². The quantitative estimate of drug-likeness (QED) is 0.826. The molecule has 0 bridgehead atoms. The van der Waals surface area contributed by atoms with Crippen LogP contribution < -0.4 is 5.73 Å². The van der Waals surface area contributed by atoms with Crippen molar-refractivity contribution in [3.63, 3.8) is 0 Å². The molecule has 2 aromatic rings. The minimum absolute atomic E-state index is 0.773. The maximum atomic E-state index is 5.79. The first-order valence-corrected chi connectivity index (χ1v) is 7.71. The highest BCUT2D eigenvalue weighted by Crippen LogP contribution is 2.17. The van der Waals surface area contributed by atoms with Crippen LogP contribution >= 0.6 is 0 Å². The second kappa shape index (κ2) is 6.45. The van der Waals surface area contributed by atoms with Gasteiger partial charge >= 0.3 is 0 Å². The summed E-state index contributed by atoms with van der Waals surface area (Å²) in [5, 5.41) is 0. The molecular formula is C16H24N4O. The molecule has 3 rings (SSSR count). The first-order valence-electron chi connectivity index (χ1n) is 7.71. The molecule has 0 radical (unpaired) electrons. The van der Waals surface area contributed by atoms with E-state index in [0.717, 1.165) is 61.2 Å². The Kier molecular flexibility index (Phi) is 4.41. The highest BCUT2D eigenvalue weighted by molar-refractivity contribution is 5.78. The van der Waals surface area contributed by atoms with Gasteiger partial charge in [0.1, 0.15) is 5.82 Å². The first kappa shape index (κ1) is 14.4. The number of aromatic amines is 1. The lowest BCUT2D eigenvalue weighted by Crippen LogP contribution is -2.31. The number of ether oxygens (including phenoxy) is 1. The van der Waals surface area contributed by atoms with Gasteiger partial charge in [-0.05, 0) is 44.0 Å². The molecular weight excluding hydrogens is 264 g/mol. The second-order valence-corrected chi connectivity index (χ2v) is 6.03. The third-order valence-electron chi connectivity index (χ3n) is 4.20. The highest BCUT2D eigenvalue weighted by atomic mass is 16.5. The number of likely N-dealkylation sites (N-methyl/N-ethyl adjacent to an activating group) is 1. The van der Waals surface area contributed by atoms with E-state index in [4.69, 9.17) is 10.5 Å². The summed E-state index contributed by atoms with van der Waals surface area (Å²) in [4.78, 5) is 10.4. The number of nitrogen functional groups attached to an aromatic ring is 1. The lowest BCUT2D eigenvalue weighted by atomic mass is 10.00. The van der Waals surface area contributed by atoms with Crippen molar-refractivity contribution in [3.05, 3.63) is 24.0 Å². The van der Waals surface area contributed by atoms with Gasteiger partial charge in [-0.25, -0.2) is 4.98 Å². The standard InChI is InChI=1S/C16H24N4O/c1-20(11-12-5-8-21-9-6-12)7-4-16-18-14-3-2-13(17)10-15(14)19-16/h2-3,10,12H,4-9,11,17H2,1H3,(H,18,19). The molecule has 3 N–H and O–H groups in total. The zero-order chi connectivity index (χ0) is 14.7. The minimum atomic E-state index is 0.773. The van der Waals surface area contributed by atoms with Crippen molar-refractivity contribution in [2.24, 2.45) is 5.92 Å². The fraction of sp³-hybridized carbons (Fsp3) is 0.562. The minimum Gasteiger partial charge on any atom is -0.399 e. The SMILES string of the molecule is CN(CCc1nc2ccc(N)cc2[nH]1)CC1CCOCC1. The Morgan fingerprint density at radius 3 is 3.00 bits per heavy atom. The van der Waals surface area contributed by atoms with E-state index in [1.165, 1.54) is 12.8 Å². The largest absolute Gasteiger partial charge is 0.399 e. The lowest BCUT2D eigenvalue weighted by molar-refractivity contribution is 0.0558. The number of nitrogens with one attached hydrogen (secondary N) is 1. The van der Waals surface area contributed by atoms with Gasteiger partial charge in [-0.3, -0.25) is 0 Å². The van der Waals surface area contributed by atoms with E-state index in [2.05, 4.69) is 21.9 Å². The Hall–Kier alpha value is -1.59. The Morgan fingerprint density at radius 1 is 1.38 bits per heavy atom. The smallest absolute Gasteiger partial charge is 0.108 e. The molecule has 1 saturated heterocycles. The molecule has 1 aromatic heterocycles. The normalized spacial score (nSPS) is 16.9. The van der Waals surface area contributed by atoms with Crippen LogP contribution in [0.4, 0.5) is 5.69 Å². The Morgan fingerprint density at radius 2 is 2.19 bits per heavy atom. The van der Waals surface area contributed by atoms with Crippen LogP contribution in [0, 0.1) is 5.92 Å². The van der Waals surface area contributed by atoms with Crippen LogP contribution in [0.2, 0.25) is 0 Å². The van der Waals surface area contributed by atoms with Crippen molar-refractivity contribution >= 4 is 16.7 Å². The van der Waals surface area contributed by atoms with E-state index in [9.17, 15) is 0 Å². The molecule has 0 atom stereocenters. The van der Waals surface area contributed by atoms with Gasteiger partial charge in [0, 0.05) is 38.4 Å². The molecule has 2 heterocycles. The Bertz CT molecular complexity index is 589. The molecule has 0 saturated carbocycles. The van der Waals surface area contributed by atoms with Crippen LogP contribution in [-0.2, 0) is 11.2 Å². The molecule has 5 heteroatoms. The molecule has 1 aromatic carbocycles. The summed E-state index contributed by atoms with van der Waals surface area (Å²) < 4.78 is 5.41. The summed E-state index contributed by atoms with van der Waals surface area (Å²) in [6.45, 7) is 4.01. The van der Waals surface area contributed by atoms with Gasteiger partial charge in [0.2, 0.25) is 0 Å². The Labute approximate surface area is 125 Å². The molecule has 21 heavy (non-hydrogen) atoms. The number of hydrogen-bond acceptors (Lipinski definition) is 4. The summed E-state index contributed by atoms with van der Waals surface area (Å²) in [5.41, 5.74) is 8.58. The fourth-order valence-electron chi connectivity index (χ4n) is 2.96. The third kappa shape index (κ3) is 3.74. The van der Waals surface area contributed by atoms with Crippen molar-refractivity contribution in [2.75, 3.05) is 39.1 Å². The van der Waals surface area contributed by atoms with Crippen molar-refractivity contribution in [2.45, 2.75) is 19.3 Å². The predicted octanol–water partition coefficient (Wildman–Crippen LogP) is 2.05. The molecule has 5 nitrogen and oxygen atoms in total. The van der Waals surface area contributed by atoms with Crippen LogP contribution in [0.15, 0.2) is 18.2 Å². The molecule has 114 valence electrons. The van der Waals surface area contributed by atoms with Crippen LogP contribution in [-0.4, -0.2) is 48.2 Å². The number of nitrogens with two attached hydrogens (primary N) is 1. The van der Waals surface area contributed by atoms with E-state index < -0.39 is 0 Å². The van der Waals surface area contributed by atoms with Gasteiger partial charge in [0.05, 0.1) is 11.0 Å². The van der Waals surface area contributed by atoms with Crippen molar-refractivity contribution < 1.29 is 4.74 Å². The molecule has 0 spiro atoms. The third-order valence-corrected chi connectivity index (χ3v) is 4.20. The number of anilines is 1. The summed E-state index contributed by atoms with van der Waals surface area (Å²) in [5.74, 6) is 1.81. The lowest BCUT2D eigenvalue weighted by Gasteiger charge is -2.26. The van der Waals surface area contributed by atoms with Crippen LogP contribution in [0.25, 0.3) is 11.0 Å². The van der Waals surface area contributed by atoms with Gasteiger partial charge in [-0.15, -0.1) is 0 Å². The highest BCUT2D eigenvalue weighted by Gasteiger charge is 2.15. The number of nitrogens with zero attached hydrogens (tertiary/aromatic N) is 2. The van der Waals surface area contributed by atoms with Gasteiger partial charge in [0.15, 0.2) is 0 Å². The zero-order valence-corrected chi connectivity index (χ0v) is 12.6. The molecule has 0 unspecified atom stereocenters. The van der Waals surface area contributed by atoms with Crippen molar-refractivity contribution in [3.8, 4) is 0 Å². The van der Waals surface area contributed by atoms with E-state index >= 15 is 0 Å². The molecule has 1 fully saturated rings. The molecule has 1 aliphatic rings. The predicted molar refractivity (Wildman–Crippen MR) is 85.3 cm³/mol. The zero-order valence-electron chi connectivity index (χ0n) is 12.6. The number of aromatic nitrogens is 2. The summed E-state index contributed by atoms with van der Waals surface area (Å²) in [6, 6.07) is 5.80. The Balaban J connectivity index is 1.53. The molecule has 0 aliphatic carbocycles. The van der Waals surface area contributed by atoms with Crippen molar-refractivity contribution in [1.82, 2.24) is 14.9 Å². The van der Waals surface area contributed by atoms with E-state index in [-0.39, 0.29) is 0 Å².